The van der Waals surface area contributed by atoms with E-state index in [1.165, 1.54) is 6.20 Å². The van der Waals surface area contributed by atoms with E-state index in [1.54, 1.807) is 6.20 Å². The average molecular weight is 249 g/mol. The van der Waals surface area contributed by atoms with E-state index >= 15 is 0 Å². The summed E-state index contributed by atoms with van der Waals surface area (Å²) in [5, 5.41) is 9.16. The molecule has 1 atom stereocenters. The molecule has 1 aliphatic rings. The standard InChI is InChI=1S/C13H19N3O2/c1-10-7-15-12(8-14-10)13(18)16-5-2-3-11(9-17)4-6-16/h7-8,11,17H,2-6,9H2,1H3. The van der Waals surface area contributed by atoms with Crippen LogP contribution in [0.1, 0.15) is 35.4 Å². The maximum Gasteiger partial charge on any atom is 0.274 e. The number of aliphatic hydroxyl groups excluding tert-OH is 1. The Labute approximate surface area is 107 Å². The summed E-state index contributed by atoms with van der Waals surface area (Å²) in [6.07, 6.45) is 5.94. The molecule has 2 rings (SSSR count). The van der Waals surface area contributed by atoms with Gasteiger partial charge in [-0.25, -0.2) is 4.98 Å². The summed E-state index contributed by atoms with van der Waals surface area (Å²) in [6, 6.07) is 0. The number of hydrogen-bond donors (Lipinski definition) is 1. The van der Waals surface area contributed by atoms with Gasteiger partial charge < -0.3 is 10.0 Å². The third-order valence-electron chi connectivity index (χ3n) is 3.39. The molecule has 1 amide bonds. The minimum absolute atomic E-state index is 0.0545. The van der Waals surface area contributed by atoms with Crippen LogP contribution in [0.2, 0.25) is 0 Å². The third kappa shape index (κ3) is 3.04. The largest absolute Gasteiger partial charge is 0.396 e. The van der Waals surface area contributed by atoms with Crippen molar-refractivity contribution in [3.8, 4) is 0 Å². The fraction of sp³-hybridized carbons (Fsp3) is 0.615. The van der Waals surface area contributed by atoms with Gasteiger partial charge >= 0.3 is 0 Å². The summed E-state index contributed by atoms with van der Waals surface area (Å²) in [4.78, 5) is 22.3. The van der Waals surface area contributed by atoms with Gasteiger partial charge in [-0.2, -0.15) is 0 Å². The number of carbonyl (C=O) groups is 1. The van der Waals surface area contributed by atoms with Crippen LogP contribution in [-0.2, 0) is 0 Å². The van der Waals surface area contributed by atoms with E-state index in [-0.39, 0.29) is 12.5 Å². The Bertz CT molecular complexity index is 405. The van der Waals surface area contributed by atoms with Gasteiger partial charge in [-0.3, -0.25) is 9.78 Å². The average Bonchev–Trinajstić information content (AvgIpc) is 2.64. The van der Waals surface area contributed by atoms with Gasteiger partial charge in [0.2, 0.25) is 0 Å². The lowest BCUT2D eigenvalue weighted by atomic mass is 10.0. The van der Waals surface area contributed by atoms with Crippen LogP contribution in [-0.4, -0.2) is 45.6 Å². The van der Waals surface area contributed by atoms with E-state index in [2.05, 4.69) is 9.97 Å². The molecule has 0 spiro atoms. The first-order valence-corrected chi connectivity index (χ1v) is 6.39. The van der Waals surface area contributed by atoms with Gasteiger partial charge in [0.1, 0.15) is 5.69 Å². The monoisotopic (exact) mass is 249 g/mol. The van der Waals surface area contributed by atoms with E-state index in [4.69, 9.17) is 5.11 Å². The zero-order valence-corrected chi connectivity index (χ0v) is 10.7. The van der Waals surface area contributed by atoms with Crippen LogP contribution in [0.15, 0.2) is 12.4 Å². The van der Waals surface area contributed by atoms with Gasteiger partial charge in [0.25, 0.3) is 5.91 Å². The maximum atomic E-state index is 12.2. The molecule has 1 fully saturated rings. The third-order valence-corrected chi connectivity index (χ3v) is 3.39. The summed E-state index contributed by atoms with van der Waals surface area (Å²) < 4.78 is 0. The predicted molar refractivity (Wildman–Crippen MR) is 67.1 cm³/mol. The smallest absolute Gasteiger partial charge is 0.274 e. The number of hydrogen-bond acceptors (Lipinski definition) is 4. The Morgan fingerprint density at radius 3 is 2.89 bits per heavy atom. The van der Waals surface area contributed by atoms with Gasteiger partial charge in [-0.15, -0.1) is 0 Å². The normalized spacial score (nSPS) is 20.6. The minimum Gasteiger partial charge on any atom is -0.396 e. The summed E-state index contributed by atoms with van der Waals surface area (Å²) in [6.45, 7) is 3.50. The van der Waals surface area contributed by atoms with Crippen molar-refractivity contribution < 1.29 is 9.90 Å². The van der Waals surface area contributed by atoms with Crippen molar-refractivity contribution in [1.29, 1.82) is 0 Å². The summed E-state index contributed by atoms with van der Waals surface area (Å²) >= 11 is 0. The highest BCUT2D eigenvalue weighted by Crippen LogP contribution is 2.17. The first kappa shape index (κ1) is 13.0. The van der Waals surface area contributed by atoms with E-state index in [9.17, 15) is 4.79 Å². The molecule has 18 heavy (non-hydrogen) atoms. The molecule has 1 aromatic rings. The van der Waals surface area contributed by atoms with Crippen molar-refractivity contribution in [3.63, 3.8) is 0 Å². The van der Waals surface area contributed by atoms with Crippen LogP contribution in [0, 0.1) is 12.8 Å². The van der Waals surface area contributed by atoms with Crippen molar-refractivity contribution in [2.45, 2.75) is 26.2 Å². The van der Waals surface area contributed by atoms with Crippen molar-refractivity contribution in [2.75, 3.05) is 19.7 Å². The number of nitrogens with zero attached hydrogens (tertiary/aromatic N) is 3. The van der Waals surface area contributed by atoms with Gasteiger partial charge in [0, 0.05) is 25.9 Å². The molecule has 1 saturated heterocycles. The van der Waals surface area contributed by atoms with Crippen molar-refractivity contribution in [3.05, 3.63) is 23.8 Å². The van der Waals surface area contributed by atoms with Gasteiger partial charge in [-0.05, 0) is 32.1 Å². The number of rotatable bonds is 2. The minimum atomic E-state index is -0.0545. The second-order valence-electron chi connectivity index (χ2n) is 4.81. The van der Waals surface area contributed by atoms with Gasteiger partial charge in [0.05, 0.1) is 11.9 Å². The Morgan fingerprint density at radius 1 is 1.39 bits per heavy atom. The quantitative estimate of drug-likeness (QED) is 0.849. The Balaban J connectivity index is 2.02. The van der Waals surface area contributed by atoms with E-state index in [0.717, 1.165) is 31.5 Å². The number of aliphatic hydroxyl groups is 1. The zero-order valence-electron chi connectivity index (χ0n) is 10.7. The Morgan fingerprint density at radius 2 is 2.22 bits per heavy atom. The van der Waals surface area contributed by atoms with Crippen LogP contribution < -0.4 is 0 Å². The summed E-state index contributed by atoms with van der Waals surface area (Å²) in [5.41, 5.74) is 1.21. The van der Waals surface area contributed by atoms with Crippen LogP contribution in [0.4, 0.5) is 0 Å². The first-order valence-electron chi connectivity index (χ1n) is 6.39. The van der Waals surface area contributed by atoms with Gasteiger partial charge in [-0.1, -0.05) is 0 Å². The molecule has 0 aliphatic carbocycles. The number of aryl methyl sites for hydroxylation is 1. The summed E-state index contributed by atoms with van der Waals surface area (Å²) in [5.74, 6) is 0.271. The molecular formula is C13H19N3O2. The van der Waals surface area contributed by atoms with E-state index in [0.29, 0.717) is 18.2 Å². The SMILES string of the molecule is Cc1cnc(C(=O)N2CCCC(CO)CC2)cn1. The topological polar surface area (TPSA) is 66.3 Å². The van der Waals surface area contributed by atoms with Crippen molar-refractivity contribution in [2.24, 2.45) is 5.92 Å². The van der Waals surface area contributed by atoms with Crippen LogP contribution in [0.5, 0.6) is 0 Å². The molecule has 5 nitrogen and oxygen atoms in total. The molecule has 5 heteroatoms. The van der Waals surface area contributed by atoms with E-state index in [1.807, 2.05) is 11.8 Å². The molecule has 1 aromatic heterocycles. The van der Waals surface area contributed by atoms with Crippen molar-refractivity contribution >= 4 is 5.91 Å². The highest BCUT2D eigenvalue weighted by molar-refractivity contribution is 5.92. The molecule has 2 heterocycles. The molecule has 98 valence electrons. The zero-order chi connectivity index (χ0) is 13.0. The highest BCUT2D eigenvalue weighted by Gasteiger charge is 2.22. The van der Waals surface area contributed by atoms with Crippen LogP contribution in [0.25, 0.3) is 0 Å². The molecule has 0 aromatic carbocycles. The number of amides is 1. The second kappa shape index (κ2) is 5.91. The second-order valence-corrected chi connectivity index (χ2v) is 4.81. The summed E-state index contributed by atoms with van der Waals surface area (Å²) in [7, 11) is 0. The lowest BCUT2D eigenvalue weighted by Crippen LogP contribution is -2.32. The lowest BCUT2D eigenvalue weighted by molar-refractivity contribution is 0.0751. The maximum absolute atomic E-state index is 12.2. The lowest BCUT2D eigenvalue weighted by Gasteiger charge is -2.19. The highest BCUT2D eigenvalue weighted by atomic mass is 16.3. The Kier molecular flexibility index (Phi) is 4.25. The number of carbonyl (C=O) groups excluding carboxylic acids is 1. The molecule has 0 saturated carbocycles. The first-order chi connectivity index (χ1) is 8.70. The molecule has 0 bridgehead atoms. The molecule has 1 aliphatic heterocycles. The van der Waals surface area contributed by atoms with Crippen LogP contribution >= 0.6 is 0 Å². The van der Waals surface area contributed by atoms with Gasteiger partial charge in [0.15, 0.2) is 0 Å². The molecule has 0 radical (unpaired) electrons. The van der Waals surface area contributed by atoms with Crippen LogP contribution in [0.3, 0.4) is 0 Å². The molecule has 1 N–H and O–H groups in total. The predicted octanol–water partition coefficient (Wildman–Crippen LogP) is 1.02. The molecule has 1 unspecified atom stereocenters. The van der Waals surface area contributed by atoms with Crippen molar-refractivity contribution in [1.82, 2.24) is 14.9 Å². The fourth-order valence-corrected chi connectivity index (χ4v) is 2.22. The number of aromatic nitrogens is 2. The molecular weight excluding hydrogens is 230 g/mol. The number of likely N-dealkylation sites (tertiary alicyclic amines) is 1. The van der Waals surface area contributed by atoms with E-state index < -0.39 is 0 Å². The Hall–Kier alpha value is -1.49. The fourth-order valence-electron chi connectivity index (χ4n) is 2.22.